The van der Waals surface area contributed by atoms with Gasteiger partial charge in [0.05, 0.1) is 18.2 Å². The van der Waals surface area contributed by atoms with Gasteiger partial charge >= 0.3 is 5.97 Å². The summed E-state index contributed by atoms with van der Waals surface area (Å²) in [6.07, 6.45) is 3.15. The summed E-state index contributed by atoms with van der Waals surface area (Å²) in [5.41, 5.74) is 4.22. The fraction of sp³-hybridized carbons (Fsp3) is 0.407. The highest BCUT2D eigenvalue weighted by atomic mass is 16.6. The Balaban J connectivity index is 1.43. The second-order valence-corrected chi connectivity index (χ2v) is 7.86. The number of rotatable bonds is 11. The van der Waals surface area contributed by atoms with Crippen molar-refractivity contribution in [3.05, 3.63) is 71.3 Å². The molecule has 0 aromatic heterocycles. The van der Waals surface area contributed by atoms with E-state index in [1.54, 1.807) is 6.92 Å². The van der Waals surface area contributed by atoms with Crippen LogP contribution in [0.5, 0.6) is 5.75 Å². The van der Waals surface area contributed by atoms with Gasteiger partial charge in [0.15, 0.2) is 6.10 Å². The minimum atomic E-state index is -0.581. The number of nitrogens with zero attached hydrogens (tertiary/aromatic N) is 2. The van der Waals surface area contributed by atoms with Gasteiger partial charge in [0.2, 0.25) is 0 Å². The quantitative estimate of drug-likeness (QED) is 0.479. The number of benzene rings is 2. The van der Waals surface area contributed by atoms with Crippen LogP contribution >= 0.6 is 0 Å². The minimum absolute atomic E-state index is 0.322. The van der Waals surface area contributed by atoms with E-state index in [9.17, 15) is 4.79 Å². The minimum Gasteiger partial charge on any atom is -0.492 e. The first kappa shape index (κ1) is 24.5. The molecule has 1 atom stereocenters. The monoisotopic (exact) mass is 448 g/mol. The Morgan fingerprint density at radius 3 is 2.45 bits per heavy atom. The molecule has 174 valence electrons. The standard InChI is InChI=1S/C27H32N2O4/c1-3-31-26(27(30)32-4-2)19-21-7-11-25(12-8-21)33-18-17-29-15-13-24(14-16-29)23-9-5-22(20-28)6-10-23/h5-13,26H,3-4,14-19H2,1-2H3. The lowest BCUT2D eigenvalue weighted by Gasteiger charge is -2.26. The third-order valence-electron chi connectivity index (χ3n) is 5.62. The van der Waals surface area contributed by atoms with Crippen molar-refractivity contribution in [3.8, 4) is 11.8 Å². The second-order valence-electron chi connectivity index (χ2n) is 7.86. The first-order valence-corrected chi connectivity index (χ1v) is 11.5. The molecule has 0 aliphatic carbocycles. The topological polar surface area (TPSA) is 71.8 Å². The Morgan fingerprint density at radius 1 is 1.09 bits per heavy atom. The molecule has 0 bridgehead atoms. The van der Waals surface area contributed by atoms with E-state index >= 15 is 0 Å². The molecule has 6 nitrogen and oxygen atoms in total. The van der Waals surface area contributed by atoms with Crippen LogP contribution in [0.1, 0.15) is 37.0 Å². The molecule has 0 amide bonds. The van der Waals surface area contributed by atoms with Gasteiger partial charge in [0.1, 0.15) is 12.4 Å². The lowest BCUT2D eigenvalue weighted by atomic mass is 9.98. The number of carbonyl (C=O) groups is 1. The number of hydrogen-bond donors (Lipinski definition) is 0. The average molecular weight is 449 g/mol. The summed E-state index contributed by atoms with van der Waals surface area (Å²) in [6.45, 7) is 7.82. The molecule has 33 heavy (non-hydrogen) atoms. The van der Waals surface area contributed by atoms with Crippen molar-refractivity contribution in [2.75, 3.05) is 39.5 Å². The van der Waals surface area contributed by atoms with Gasteiger partial charge in [-0.2, -0.15) is 5.26 Å². The molecule has 0 saturated heterocycles. The summed E-state index contributed by atoms with van der Waals surface area (Å²) in [4.78, 5) is 14.4. The maximum absolute atomic E-state index is 12.0. The smallest absolute Gasteiger partial charge is 0.335 e. The molecule has 0 N–H and O–H groups in total. The molecule has 2 aromatic carbocycles. The van der Waals surface area contributed by atoms with E-state index in [4.69, 9.17) is 19.5 Å². The highest BCUT2D eigenvalue weighted by molar-refractivity contribution is 5.75. The van der Waals surface area contributed by atoms with Gasteiger partial charge in [0.25, 0.3) is 0 Å². The zero-order valence-electron chi connectivity index (χ0n) is 19.5. The van der Waals surface area contributed by atoms with E-state index < -0.39 is 6.10 Å². The maximum Gasteiger partial charge on any atom is 0.335 e. The van der Waals surface area contributed by atoms with E-state index in [1.165, 1.54) is 11.1 Å². The van der Waals surface area contributed by atoms with Gasteiger partial charge < -0.3 is 14.2 Å². The summed E-state index contributed by atoms with van der Waals surface area (Å²) in [6, 6.07) is 17.7. The zero-order valence-corrected chi connectivity index (χ0v) is 19.5. The first-order chi connectivity index (χ1) is 16.1. The molecule has 1 unspecified atom stereocenters. The summed E-state index contributed by atoms with van der Waals surface area (Å²) in [7, 11) is 0. The Bertz CT molecular complexity index is 961. The van der Waals surface area contributed by atoms with Crippen LogP contribution in [0.4, 0.5) is 0 Å². The Kier molecular flexibility index (Phi) is 9.49. The van der Waals surface area contributed by atoms with Crippen molar-refractivity contribution in [3.63, 3.8) is 0 Å². The third kappa shape index (κ3) is 7.45. The summed E-state index contributed by atoms with van der Waals surface area (Å²) < 4.78 is 16.6. The fourth-order valence-corrected chi connectivity index (χ4v) is 3.81. The van der Waals surface area contributed by atoms with Crippen LogP contribution in [0.15, 0.2) is 54.6 Å². The van der Waals surface area contributed by atoms with Crippen LogP contribution in [0.2, 0.25) is 0 Å². The first-order valence-electron chi connectivity index (χ1n) is 11.5. The Hall–Kier alpha value is -3.14. The van der Waals surface area contributed by atoms with Crippen molar-refractivity contribution in [2.45, 2.75) is 32.8 Å². The Labute approximate surface area is 196 Å². The molecular weight excluding hydrogens is 416 g/mol. The molecule has 0 fully saturated rings. The van der Waals surface area contributed by atoms with Crippen molar-refractivity contribution >= 4 is 11.5 Å². The SMILES string of the molecule is CCOC(=O)C(Cc1ccc(OCCN2CC=C(c3ccc(C#N)cc3)CC2)cc1)OCC. The predicted octanol–water partition coefficient (Wildman–Crippen LogP) is 4.24. The van der Waals surface area contributed by atoms with Crippen molar-refractivity contribution in [2.24, 2.45) is 0 Å². The molecule has 1 aliphatic heterocycles. The molecule has 0 spiro atoms. The number of esters is 1. The Morgan fingerprint density at radius 2 is 1.85 bits per heavy atom. The van der Waals surface area contributed by atoms with Crippen LogP contribution in [0, 0.1) is 11.3 Å². The van der Waals surface area contributed by atoms with E-state index in [0.29, 0.717) is 31.8 Å². The highest BCUT2D eigenvalue weighted by Gasteiger charge is 2.20. The van der Waals surface area contributed by atoms with Crippen LogP contribution in [0.25, 0.3) is 5.57 Å². The van der Waals surface area contributed by atoms with Crippen LogP contribution in [-0.4, -0.2) is 56.4 Å². The number of ether oxygens (including phenoxy) is 3. The maximum atomic E-state index is 12.0. The van der Waals surface area contributed by atoms with E-state index in [-0.39, 0.29) is 5.97 Å². The summed E-state index contributed by atoms with van der Waals surface area (Å²) >= 11 is 0. The third-order valence-corrected chi connectivity index (χ3v) is 5.62. The summed E-state index contributed by atoms with van der Waals surface area (Å²) in [5.74, 6) is 0.492. The van der Waals surface area contributed by atoms with Crippen molar-refractivity contribution < 1.29 is 19.0 Å². The largest absolute Gasteiger partial charge is 0.492 e. The van der Waals surface area contributed by atoms with Gasteiger partial charge in [-0.05, 0) is 61.2 Å². The van der Waals surface area contributed by atoms with Gasteiger partial charge in [-0.25, -0.2) is 4.79 Å². The summed E-state index contributed by atoms with van der Waals surface area (Å²) in [5, 5.41) is 8.94. The van der Waals surface area contributed by atoms with Gasteiger partial charge in [0, 0.05) is 32.7 Å². The molecular formula is C27H32N2O4. The van der Waals surface area contributed by atoms with E-state index in [0.717, 1.165) is 37.4 Å². The fourth-order valence-electron chi connectivity index (χ4n) is 3.81. The molecule has 3 rings (SSSR count). The lowest BCUT2D eigenvalue weighted by Crippen LogP contribution is -2.32. The molecule has 0 saturated carbocycles. The average Bonchev–Trinajstić information content (AvgIpc) is 2.85. The zero-order chi connectivity index (χ0) is 23.5. The van der Waals surface area contributed by atoms with Crippen LogP contribution in [-0.2, 0) is 20.7 Å². The number of carbonyl (C=O) groups excluding carboxylic acids is 1. The van der Waals surface area contributed by atoms with Crippen molar-refractivity contribution in [1.82, 2.24) is 4.90 Å². The number of hydrogen-bond acceptors (Lipinski definition) is 6. The van der Waals surface area contributed by atoms with Gasteiger partial charge in [-0.15, -0.1) is 0 Å². The van der Waals surface area contributed by atoms with Gasteiger partial charge in [-0.3, -0.25) is 4.90 Å². The van der Waals surface area contributed by atoms with E-state index in [2.05, 4.69) is 17.0 Å². The van der Waals surface area contributed by atoms with Gasteiger partial charge in [-0.1, -0.05) is 30.3 Å². The predicted molar refractivity (Wildman–Crippen MR) is 128 cm³/mol. The van der Waals surface area contributed by atoms with Crippen LogP contribution in [0.3, 0.4) is 0 Å². The molecule has 2 aromatic rings. The molecule has 0 radical (unpaired) electrons. The van der Waals surface area contributed by atoms with Crippen LogP contribution < -0.4 is 4.74 Å². The molecule has 1 heterocycles. The van der Waals surface area contributed by atoms with Crippen molar-refractivity contribution in [1.29, 1.82) is 5.26 Å². The molecule has 6 heteroatoms. The normalized spacial score (nSPS) is 14.8. The highest BCUT2D eigenvalue weighted by Crippen LogP contribution is 2.22. The second kappa shape index (κ2) is 12.8. The number of nitriles is 1. The lowest BCUT2D eigenvalue weighted by molar-refractivity contribution is -0.156. The molecule has 1 aliphatic rings. The van der Waals surface area contributed by atoms with E-state index in [1.807, 2.05) is 55.5 Å².